The molecule has 6 nitrogen and oxygen atoms in total. The molecular formula is C7H4N4O2. The van der Waals surface area contributed by atoms with Crippen LogP contribution in [-0.2, 0) is 0 Å². The lowest BCUT2D eigenvalue weighted by atomic mass is 10.3. The van der Waals surface area contributed by atoms with Gasteiger partial charge in [-0.1, -0.05) is 10.3 Å². The first kappa shape index (κ1) is 6.41. The van der Waals surface area contributed by atoms with E-state index < -0.39 is 0 Å². The first-order chi connectivity index (χ1) is 6.45. The van der Waals surface area contributed by atoms with Gasteiger partial charge in [0.25, 0.3) is 0 Å². The minimum Gasteiger partial charge on any atom is -0.364 e. The fraction of sp³-hybridized carbons (Fsp3) is 0. The quantitative estimate of drug-likeness (QED) is 0.602. The summed E-state index contributed by atoms with van der Waals surface area (Å²) in [5, 5.41) is 14.2. The molecule has 0 aromatic carbocycles. The molecule has 64 valence electrons. The highest BCUT2D eigenvalue weighted by Gasteiger charge is 2.13. The summed E-state index contributed by atoms with van der Waals surface area (Å²) in [7, 11) is 0. The molecule has 13 heavy (non-hydrogen) atoms. The lowest BCUT2D eigenvalue weighted by molar-refractivity contribution is 0.419. The average Bonchev–Trinajstić information content (AvgIpc) is 2.79. The van der Waals surface area contributed by atoms with E-state index >= 15 is 0 Å². The van der Waals surface area contributed by atoms with Gasteiger partial charge < -0.3 is 9.05 Å². The fourth-order valence-corrected chi connectivity index (χ4v) is 1.16. The van der Waals surface area contributed by atoms with Crippen molar-refractivity contribution in [1.82, 2.24) is 20.5 Å². The normalized spacial score (nSPS) is 11.1. The molecule has 3 rings (SSSR count). The number of aromatic nitrogens is 4. The van der Waals surface area contributed by atoms with Gasteiger partial charge in [-0.05, 0) is 0 Å². The van der Waals surface area contributed by atoms with Gasteiger partial charge in [0, 0.05) is 6.07 Å². The van der Waals surface area contributed by atoms with Crippen LogP contribution in [0.4, 0.5) is 0 Å². The highest BCUT2D eigenvalue weighted by atomic mass is 16.5. The number of nitrogens with zero attached hydrogens (tertiary/aromatic N) is 3. The second-order valence-electron chi connectivity index (χ2n) is 2.53. The number of aromatic amines is 1. The summed E-state index contributed by atoms with van der Waals surface area (Å²) >= 11 is 0. The molecule has 0 saturated carbocycles. The molecule has 0 amide bonds. The number of fused-ring (bicyclic) bond motifs is 1. The van der Waals surface area contributed by atoms with Crippen LogP contribution in [0.15, 0.2) is 27.6 Å². The maximum Gasteiger partial charge on any atom is 0.205 e. The van der Waals surface area contributed by atoms with Gasteiger partial charge in [-0.3, -0.25) is 5.10 Å². The summed E-state index contributed by atoms with van der Waals surface area (Å²) in [5.41, 5.74) is 2.58. The predicted octanol–water partition coefficient (Wildman–Crippen LogP) is 1.21. The zero-order valence-corrected chi connectivity index (χ0v) is 6.39. The van der Waals surface area contributed by atoms with E-state index in [2.05, 4.69) is 20.5 Å². The molecule has 0 spiro atoms. The van der Waals surface area contributed by atoms with E-state index in [1.165, 1.54) is 6.26 Å². The molecule has 3 heterocycles. The lowest BCUT2D eigenvalue weighted by Crippen LogP contribution is -1.78. The molecule has 3 aromatic heterocycles. The molecule has 0 bridgehead atoms. The van der Waals surface area contributed by atoms with Gasteiger partial charge >= 0.3 is 0 Å². The van der Waals surface area contributed by atoms with Gasteiger partial charge in [0.15, 0.2) is 5.69 Å². The molecular weight excluding hydrogens is 172 g/mol. The molecule has 1 N–H and O–H groups in total. The van der Waals surface area contributed by atoms with E-state index in [1.807, 2.05) is 0 Å². The van der Waals surface area contributed by atoms with Crippen LogP contribution in [0.5, 0.6) is 0 Å². The SMILES string of the molecule is c1cc(-c2noc3cn[nH]c23)no1. The van der Waals surface area contributed by atoms with E-state index in [0.717, 1.165) is 5.52 Å². The van der Waals surface area contributed by atoms with E-state index in [0.29, 0.717) is 17.0 Å². The highest BCUT2D eigenvalue weighted by molar-refractivity contribution is 5.86. The van der Waals surface area contributed by atoms with Crippen LogP contribution < -0.4 is 0 Å². The summed E-state index contributed by atoms with van der Waals surface area (Å²) in [5.74, 6) is 0. The summed E-state index contributed by atoms with van der Waals surface area (Å²) < 4.78 is 9.69. The molecule has 0 aliphatic heterocycles. The summed E-state index contributed by atoms with van der Waals surface area (Å²) in [6, 6.07) is 1.71. The largest absolute Gasteiger partial charge is 0.364 e. The first-order valence-electron chi connectivity index (χ1n) is 3.64. The molecule has 0 fully saturated rings. The third-order valence-corrected chi connectivity index (χ3v) is 1.76. The maximum atomic E-state index is 4.99. The van der Waals surface area contributed by atoms with Gasteiger partial charge in [-0.2, -0.15) is 5.10 Å². The second kappa shape index (κ2) is 2.19. The minimum atomic E-state index is 0.609. The Morgan fingerprint density at radius 3 is 3.15 bits per heavy atom. The molecule has 0 aliphatic carbocycles. The summed E-state index contributed by atoms with van der Waals surface area (Å²) in [6.07, 6.45) is 3.04. The molecule has 0 radical (unpaired) electrons. The van der Waals surface area contributed by atoms with Gasteiger partial charge in [0.1, 0.15) is 17.5 Å². The number of hydrogen-bond donors (Lipinski definition) is 1. The van der Waals surface area contributed by atoms with Crippen molar-refractivity contribution in [2.75, 3.05) is 0 Å². The molecule has 0 unspecified atom stereocenters. The Morgan fingerprint density at radius 2 is 2.31 bits per heavy atom. The van der Waals surface area contributed by atoms with Crippen LogP contribution in [0.25, 0.3) is 22.5 Å². The Balaban J connectivity index is 2.33. The van der Waals surface area contributed by atoms with Crippen molar-refractivity contribution in [1.29, 1.82) is 0 Å². The Kier molecular flexibility index (Phi) is 1.08. The van der Waals surface area contributed by atoms with Gasteiger partial charge in [-0.25, -0.2) is 0 Å². The summed E-state index contributed by atoms with van der Waals surface area (Å²) in [6.45, 7) is 0. The number of rotatable bonds is 1. The third kappa shape index (κ3) is 0.792. The van der Waals surface area contributed by atoms with Crippen molar-refractivity contribution in [3.05, 3.63) is 18.5 Å². The standard InChI is InChI=1S/C7H4N4O2/c1-2-12-10-4(1)6-7-5(13-11-6)3-8-9-7/h1-3H,(H,8,9). The zero-order valence-electron chi connectivity index (χ0n) is 6.39. The van der Waals surface area contributed by atoms with Gasteiger partial charge in [0.2, 0.25) is 5.58 Å². The first-order valence-corrected chi connectivity index (χ1v) is 3.64. The highest BCUT2D eigenvalue weighted by Crippen LogP contribution is 2.23. The molecule has 3 aromatic rings. The number of nitrogens with one attached hydrogen (secondary N) is 1. The van der Waals surface area contributed by atoms with E-state index in [9.17, 15) is 0 Å². The fourth-order valence-electron chi connectivity index (χ4n) is 1.16. The van der Waals surface area contributed by atoms with Crippen LogP contribution in [0, 0.1) is 0 Å². The van der Waals surface area contributed by atoms with E-state index in [4.69, 9.17) is 9.05 Å². The van der Waals surface area contributed by atoms with Crippen LogP contribution in [0.1, 0.15) is 0 Å². The average molecular weight is 176 g/mol. The maximum absolute atomic E-state index is 4.99. The number of hydrogen-bond acceptors (Lipinski definition) is 5. The minimum absolute atomic E-state index is 0.609. The number of H-pyrrole nitrogens is 1. The molecule has 0 atom stereocenters. The van der Waals surface area contributed by atoms with Crippen molar-refractivity contribution in [3.63, 3.8) is 0 Å². The molecule has 0 aliphatic rings. The smallest absolute Gasteiger partial charge is 0.205 e. The Bertz CT molecular complexity index is 521. The third-order valence-electron chi connectivity index (χ3n) is 1.76. The molecule has 6 heteroatoms. The van der Waals surface area contributed by atoms with Crippen LogP contribution in [-0.4, -0.2) is 20.5 Å². The van der Waals surface area contributed by atoms with Crippen LogP contribution in [0.2, 0.25) is 0 Å². The molecule has 0 saturated heterocycles. The van der Waals surface area contributed by atoms with Crippen LogP contribution >= 0.6 is 0 Å². The van der Waals surface area contributed by atoms with Crippen LogP contribution in [0.3, 0.4) is 0 Å². The Labute approximate surface area is 71.5 Å². The van der Waals surface area contributed by atoms with Crippen molar-refractivity contribution in [2.45, 2.75) is 0 Å². The van der Waals surface area contributed by atoms with Crippen molar-refractivity contribution in [3.8, 4) is 11.4 Å². The monoisotopic (exact) mass is 176 g/mol. The van der Waals surface area contributed by atoms with Gasteiger partial charge in [-0.15, -0.1) is 0 Å². The predicted molar refractivity (Wildman–Crippen MR) is 41.7 cm³/mol. The van der Waals surface area contributed by atoms with Crippen molar-refractivity contribution < 1.29 is 9.05 Å². The Hall–Kier alpha value is -2.11. The Morgan fingerprint density at radius 1 is 1.31 bits per heavy atom. The van der Waals surface area contributed by atoms with Gasteiger partial charge in [0.05, 0.1) is 6.20 Å². The zero-order chi connectivity index (χ0) is 8.67. The summed E-state index contributed by atoms with van der Waals surface area (Å²) in [4.78, 5) is 0. The van der Waals surface area contributed by atoms with Crippen molar-refractivity contribution in [2.24, 2.45) is 0 Å². The second-order valence-corrected chi connectivity index (χ2v) is 2.53. The van der Waals surface area contributed by atoms with Crippen molar-refractivity contribution >= 4 is 11.1 Å². The lowest BCUT2D eigenvalue weighted by Gasteiger charge is -1.82. The topological polar surface area (TPSA) is 80.7 Å². The van der Waals surface area contributed by atoms with E-state index in [1.54, 1.807) is 12.3 Å². The van der Waals surface area contributed by atoms with E-state index in [-0.39, 0.29) is 0 Å².